The molecule has 0 spiro atoms. The Kier molecular flexibility index (Phi) is 6.78. The van der Waals surface area contributed by atoms with E-state index in [-0.39, 0.29) is 18.1 Å². The van der Waals surface area contributed by atoms with Crippen molar-refractivity contribution in [1.82, 2.24) is 14.0 Å². The third-order valence-electron chi connectivity index (χ3n) is 7.37. The number of nitrogens with one attached hydrogen (secondary N) is 1. The number of para-hydroxylation sites is 1. The molecule has 1 aliphatic carbocycles. The van der Waals surface area contributed by atoms with Gasteiger partial charge in [-0.25, -0.2) is 14.4 Å². The van der Waals surface area contributed by atoms with Gasteiger partial charge in [0.15, 0.2) is 12.3 Å². The van der Waals surface area contributed by atoms with Crippen molar-refractivity contribution in [2.45, 2.75) is 39.0 Å². The highest BCUT2D eigenvalue weighted by Crippen LogP contribution is 2.33. The molecule has 39 heavy (non-hydrogen) atoms. The number of nitrogens with zero attached hydrogens (tertiary/aromatic N) is 5. The van der Waals surface area contributed by atoms with E-state index in [9.17, 15) is 9.59 Å². The molecule has 0 saturated heterocycles. The van der Waals surface area contributed by atoms with Gasteiger partial charge < -0.3 is 10.1 Å². The van der Waals surface area contributed by atoms with Crippen LogP contribution in [-0.2, 0) is 11.8 Å². The Morgan fingerprint density at radius 3 is 2.67 bits per heavy atom. The lowest BCUT2D eigenvalue weighted by atomic mass is 9.90. The quantitative estimate of drug-likeness (QED) is 0.360. The molecule has 6 rings (SSSR count). The molecule has 2 aromatic carbocycles. The molecule has 1 amide bonds. The molecule has 3 heterocycles. The molecule has 0 radical (unpaired) electrons. The number of thiazole rings is 1. The fourth-order valence-electron chi connectivity index (χ4n) is 5.15. The summed E-state index contributed by atoms with van der Waals surface area (Å²) in [7, 11) is 1.86. The van der Waals surface area contributed by atoms with E-state index in [0.717, 1.165) is 35.5 Å². The minimum atomic E-state index is -0.187. The second kappa shape index (κ2) is 10.5. The van der Waals surface area contributed by atoms with Crippen LogP contribution in [0.15, 0.2) is 68.8 Å². The Morgan fingerprint density at radius 1 is 1.08 bits per heavy atom. The Bertz CT molecular complexity index is 1690. The summed E-state index contributed by atoms with van der Waals surface area (Å²) in [4.78, 5) is 30.9. The molecular weight excluding hydrogens is 512 g/mol. The summed E-state index contributed by atoms with van der Waals surface area (Å²) in [5.74, 6) is 0.868. The second-order valence-corrected chi connectivity index (χ2v) is 10.8. The van der Waals surface area contributed by atoms with Crippen LogP contribution < -0.4 is 20.4 Å². The smallest absolute Gasteiger partial charge is 0.297 e. The maximum Gasteiger partial charge on any atom is 0.297 e. The SMILES string of the molecule is Cc1c(N=c2scc(-c3ccc4c(c3)NC(=O)CO4)n2N=CC2CCCCC2)c(=O)n(-c2ccccc2)n1C. The van der Waals surface area contributed by atoms with Crippen LogP contribution >= 0.6 is 11.3 Å². The van der Waals surface area contributed by atoms with Crippen LogP contribution in [0, 0.1) is 12.8 Å². The molecule has 2 aromatic heterocycles. The van der Waals surface area contributed by atoms with Crippen LogP contribution in [0.2, 0.25) is 0 Å². The Balaban J connectivity index is 1.48. The topological polar surface area (TPSA) is 94.9 Å². The maximum atomic E-state index is 13.6. The highest BCUT2D eigenvalue weighted by atomic mass is 32.1. The fourth-order valence-corrected chi connectivity index (χ4v) is 5.99. The van der Waals surface area contributed by atoms with Gasteiger partial charge >= 0.3 is 0 Å². The number of carbonyl (C=O) groups is 1. The summed E-state index contributed by atoms with van der Waals surface area (Å²) in [6.45, 7) is 1.91. The summed E-state index contributed by atoms with van der Waals surface area (Å²) in [5.41, 5.74) is 4.05. The second-order valence-electron chi connectivity index (χ2n) is 9.95. The number of rotatable bonds is 5. The lowest BCUT2D eigenvalue weighted by Gasteiger charge is -2.19. The van der Waals surface area contributed by atoms with Gasteiger partial charge in [-0.15, -0.1) is 11.3 Å². The first-order valence-electron chi connectivity index (χ1n) is 13.2. The zero-order chi connectivity index (χ0) is 26.9. The highest BCUT2D eigenvalue weighted by Gasteiger charge is 2.20. The normalized spacial score (nSPS) is 16.4. The van der Waals surface area contributed by atoms with E-state index < -0.39 is 0 Å². The van der Waals surface area contributed by atoms with E-state index in [1.165, 1.54) is 30.6 Å². The predicted molar refractivity (Wildman–Crippen MR) is 153 cm³/mol. The molecule has 2 aliphatic rings. The van der Waals surface area contributed by atoms with Crippen molar-refractivity contribution in [2.75, 3.05) is 11.9 Å². The molecule has 10 heteroatoms. The van der Waals surface area contributed by atoms with E-state index in [1.807, 2.05) is 83.5 Å². The Morgan fingerprint density at radius 2 is 1.87 bits per heavy atom. The minimum Gasteiger partial charge on any atom is -0.482 e. The first-order valence-corrected chi connectivity index (χ1v) is 14.1. The number of benzene rings is 2. The third kappa shape index (κ3) is 4.87. The van der Waals surface area contributed by atoms with Gasteiger partial charge in [-0.2, -0.15) is 5.10 Å². The standard InChI is InChI=1S/C29H30N6O3S/c1-19-27(28(37)35(33(19)2)22-11-7-4-8-12-22)32-29-34(30-16-20-9-5-3-6-10-20)24(18-39-29)21-13-14-25-23(15-21)31-26(36)17-38-25/h4,7-8,11-16,18,20H,3,5-6,9-10,17H2,1-2H3,(H,31,36). The number of ether oxygens (including phenoxy) is 1. The molecule has 9 nitrogen and oxygen atoms in total. The highest BCUT2D eigenvalue weighted by molar-refractivity contribution is 7.07. The zero-order valence-electron chi connectivity index (χ0n) is 22.0. The summed E-state index contributed by atoms with van der Waals surface area (Å²) in [5, 5.41) is 9.78. The van der Waals surface area contributed by atoms with Crippen LogP contribution in [0.1, 0.15) is 37.8 Å². The van der Waals surface area contributed by atoms with Crippen LogP contribution in [0.3, 0.4) is 0 Å². The van der Waals surface area contributed by atoms with Crippen molar-refractivity contribution in [2.24, 2.45) is 23.1 Å². The average molecular weight is 543 g/mol. The number of fused-ring (bicyclic) bond motifs is 1. The summed E-state index contributed by atoms with van der Waals surface area (Å²) in [6, 6.07) is 15.2. The number of carbonyl (C=O) groups excluding carboxylic acids is 1. The molecule has 1 saturated carbocycles. The molecule has 0 bridgehead atoms. The summed E-state index contributed by atoms with van der Waals surface area (Å²) in [6.07, 6.45) is 7.96. The molecule has 1 fully saturated rings. The van der Waals surface area contributed by atoms with Crippen molar-refractivity contribution in [3.8, 4) is 22.7 Å². The number of hydrogen-bond acceptors (Lipinski definition) is 6. The third-order valence-corrected chi connectivity index (χ3v) is 8.18. The first kappa shape index (κ1) is 25.1. The van der Waals surface area contributed by atoms with Gasteiger partial charge in [0.2, 0.25) is 4.80 Å². The Hall–Kier alpha value is -4.18. The maximum absolute atomic E-state index is 13.6. The lowest BCUT2D eigenvalue weighted by Crippen LogP contribution is -2.25. The van der Waals surface area contributed by atoms with Crippen LogP contribution in [-0.4, -0.2) is 32.8 Å². The summed E-state index contributed by atoms with van der Waals surface area (Å²) >= 11 is 1.43. The fraction of sp³-hybridized carbons (Fsp3) is 0.310. The van der Waals surface area contributed by atoms with Gasteiger partial charge in [0.25, 0.3) is 11.5 Å². The van der Waals surface area contributed by atoms with Gasteiger partial charge in [0.1, 0.15) is 5.75 Å². The van der Waals surface area contributed by atoms with Gasteiger partial charge in [-0.3, -0.25) is 14.3 Å². The monoisotopic (exact) mass is 542 g/mol. The van der Waals surface area contributed by atoms with Gasteiger partial charge in [-0.1, -0.05) is 37.5 Å². The van der Waals surface area contributed by atoms with E-state index in [0.29, 0.717) is 27.8 Å². The van der Waals surface area contributed by atoms with Crippen LogP contribution in [0.25, 0.3) is 16.9 Å². The average Bonchev–Trinajstić information content (AvgIpc) is 3.46. The van der Waals surface area contributed by atoms with E-state index in [4.69, 9.17) is 14.8 Å². The number of amides is 1. The Labute approximate surface area is 229 Å². The van der Waals surface area contributed by atoms with Crippen molar-refractivity contribution in [1.29, 1.82) is 0 Å². The van der Waals surface area contributed by atoms with E-state index in [2.05, 4.69) is 5.32 Å². The molecule has 0 atom stereocenters. The van der Waals surface area contributed by atoms with Crippen molar-refractivity contribution < 1.29 is 9.53 Å². The van der Waals surface area contributed by atoms with Crippen molar-refractivity contribution >= 4 is 34.8 Å². The molecule has 0 unspecified atom stereocenters. The number of hydrogen-bond donors (Lipinski definition) is 1. The van der Waals surface area contributed by atoms with Crippen molar-refractivity contribution in [3.05, 3.63) is 74.8 Å². The van der Waals surface area contributed by atoms with Crippen LogP contribution in [0.4, 0.5) is 11.4 Å². The van der Waals surface area contributed by atoms with Gasteiger partial charge in [-0.05, 0) is 56.0 Å². The van der Waals surface area contributed by atoms with Gasteiger partial charge in [0.05, 0.1) is 22.8 Å². The molecular formula is C29H30N6O3S. The zero-order valence-corrected chi connectivity index (χ0v) is 22.8. The molecule has 1 N–H and O–H groups in total. The molecule has 4 aromatic rings. The van der Waals surface area contributed by atoms with E-state index >= 15 is 0 Å². The van der Waals surface area contributed by atoms with Crippen molar-refractivity contribution in [3.63, 3.8) is 0 Å². The first-order chi connectivity index (χ1) is 19.0. The summed E-state index contributed by atoms with van der Waals surface area (Å²) < 4.78 is 10.8. The lowest BCUT2D eigenvalue weighted by molar-refractivity contribution is -0.118. The predicted octanol–water partition coefficient (Wildman–Crippen LogP) is 4.99. The largest absolute Gasteiger partial charge is 0.482 e. The number of aromatic nitrogens is 3. The minimum absolute atomic E-state index is 0.0104. The number of anilines is 1. The van der Waals surface area contributed by atoms with Gasteiger partial charge in [0, 0.05) is 24.2 Å². The van der Waals surface area contributed by atoms with Crippen LogP contribution in [0.5, 0.6) is 5.75 Å². The van der Waals surface area contributed by atoms with E-state index in [1.54, 1.807) is 4.68 Å². The molecule has 1 aliphatic heterocycles. The molecule has 200 valence electrons.